The molecular weight excluding hydrogens is 508 g/mol. The summed E-state index contributed by atoms with van der Waals surface area (Å²) >= 11 is 0. The molecule has 0 aliphatic carbocycles. The average Bonchev–Trinajstić information content (AvgIpc) is 3.34. The number of para-hydroxylation sites is 1. The molecule has 39 heavy (non-hydrogen) atoms. The Balaban J connectivity index is 1.47. The number of ether oxygens (including phenoxy) is 4. The van der Waals surface area contributed by atoms with Crippen LogP contribution in [0.25, 0.3) is 21.9 Å². The fourth-order valence-corrected chi connectivity index (χ4v) is 4.94. The van der Waals surface area contributed by atoms with Crippen LogP contribution in [-0.2, 0) is 9.47 Å². The summed E-state index contributed by atoms with van der Waals surface area (Å²) in [6, 6.07) is 12.1. The second-order valence-corrected chi connectivity index (χ2v) is 9.96. The number of nitrogens with one attached hydrogen (secondary N) is 2. The Kier molecular flexibility index (Phi) is 6.85. The summed E-state index contributed by atoms with van der Waals surface area (Å²) in [5, 5.41) is 25.1. The van der Waals surface area contributed by atoms with Gasteiger partial charge in [0.15, 0.2) is 0 Å². The number of aliphatic hydroxyl groups excluding tert-OH is 2. The lowest BCUT2D eigenvalue weighted by molar-refractivity contribution is -0.306. The average molecular weight is 539 g/mol. The quantitative estimate of drug-likeness (QED) is 0.271. The highest BCUT2D eigenvalue weighted by molar-refractivity contribution is 6.06. The number of carbonyl (C=O) groups is 1. The molecule has 1 saturated heterocycles. The van der Waals surface area contributed by atoms with Crippen LogP contribution in [0.15, 0.2) is 51.7 Å². The maximum atomic E-state index is 12.9. The van der Waals surface area contributed by atoms with Gasteiger partial charge in [0.25, 0.3) is 5.91 Å². The molecule has 4 unspecified atom stereocenters. The van der Waals surface area contributed by atoms with Crippen molar-refractivity contribution in [1.29, 1.82) is 0 Å². The third kappa shape index (κ3) is 4.74. The van der Waals surface area contributed by atoms with E-state index in [2.05, 4.69) is 10.3 Å². The maximum Gasteiger partial charge on any atom is 0.360 e. The monoisotopic (exact) mass is 538 g/mol. The second-order valence-electron chi connectivity index (χ2n) is 9.96. The van der Waals surface area contributed by atoms with Gasteiger partial charge in [0.2, 0.25) is 6.29 Å². The van der Waals surface area contributed by atoms with E-state index in [0.29, 0.717) is 10.9 Å². The van der Waals surface area contributed by atoms with E-state index in [9.17, 15) is 19.8 Å². The minimum absolute atomic E-state index is 0.0703. The van der Waals surface area contributed by atoms with Crippen molar-refractivity contribution in [3.8, 4) is 11.5 Å². The highest BCUT2D eigenvalue weighted by Gasteiger charge is 2.50. The van der Waals surface area contributed by atoms with Crippen molar-refractivity contribution in [3.05, 3.63) is 64.1 Å². The van der Waals surface area contributed by atoms with Gasteiger partial charge in [-0.1, -0.05) is 18.2 Å². The van der Waals surface area contributed by atoms with E-state index in [1.165, 1.54) is 20.3 Å². The zero-order valence-corrected chi connectivity index (χ0v) is 22.1. The number of aryl methyl sites for hydroxylation is 1. The van der Waals surface area contributed by atoms with Gasteiger partial charge in [0.1, 0.15) is 46.8 Å². The van der Waals surface area contributed by atoms with Crippen LogP contribution in [0.1, 0.15) is 29.9 Å². The number of aliphatic hydroxyl groups is 2. The fraction of sp³-hybridized carbons (Fsp3) is 0.357. The maximum absolute atomic E-state index is 12.9. The Morgan fingerprint density at radius 1 is 1.08 bits per heavy atom. The van der Waals surface area contributed by atoms with Gasteiger partial charge in [-0.15, -0.1) is 0 Å². The van der Waals surface area contributed by atoms with Crippen molar-refractivity contribution in [2.45, 2.75) is 51.0 Å². The van der Waals surface area contributed by atoms with Gasteiger partial charge in [-0.05, 0) is 39.0 Å². The van der Waals surface area contributed by atoms with E-state index >= 15 is 0 Å². The summed E-state index contributed by atoms with van der Waals surface area (Å²) in [6.07, 6.45) is -4.72. The summed E-state index contributed by atoms with van der Waals surface area (Å²) in [7, 11) is 2.86. The molecule has 3 heterocycles. The number of anilines is 1. The summed E-state index contributed by atoms with van der Waals surface area (Å²) in [4.78, 5) is 28.8. The van der Waals surface area contributed by atoms with E-state index in [1.807, 2.05) is 24.3 Å². The molecule has 4 N–H and O–H groups in total. The lowest BCUT2D eigenvalue weighted by Gasteiger charge is -2.46. The van der Waals surface area contributed by atoms with Crippen LogP contribution in [0, 0.1) is 6.92 Å². The molecule has 1 fully saturated rings. The normalized spacial score (nSPS) is 22.6. The number of rotatable bonds is 6. The standard InChI is InChI=1S/C28H30N2O9/c1-13-19(37-27-22(32)21(31)24(36-5)28(2,3)39-27)12-20(35-4)15-11-18(26(34)38-23(13)15)30-25(33)17-10-14-8-6-7-9-16(14)29-17/h6-12,21-22,24,27,29,31-32H,1-5H3,(H,30,33). The third-order valence-electron chi connectivity index (χ3n) is 6.97. The van der Waals surface area contributed by atoms with E-state index < -0.39 is 41.7 Å². The molecule has 4 atom stereocenters. The van der Waals surface area contributed by atoms with E-state index in [0.717, 1.165) is 10.9 Å². The third-order valence-corrected chi connectivity index (χ3v) is 6.97. The Labute approximate surface area is 223 Å². The minimum atomic E-state index is -1.42. The van der Waals surface area contributed by atoms with Crippen LogP contribution in [0.5, 0.6) is 11.5 Å². The molecule has 0 saturated carbocycles. The molecule has 1 aliphatic rings. The van der Waals surface area contributed by atoms with Crippen molar-refractivity contribution in [2.75, 3.05) is 19.5 Å². The highest BCUT2D eigenvalue weighted by Crippen LogP contribution is 2.39. The lowest BCUT2D eigenvalue weighted by Crippen LogP contribution is -2.63. The first-order valence-corrected chi connectivity index (χ1v) is 12.3. The largest absolute Gasteiger partial charge is 0.496 e. The Morgan fingerprint density at radius 2 is 1.82 bits per heavy atom. The predicted octanol–water partition coefficient (Wildman–Crippen LogP) is 3.09. The van der Waals surface area contributed by atoms with Crippen molar-refractivity contribution in [2.24, 2.45) is 0 Å². The number of methoxy groups -OCH3 is 2. The number of H-pyrrole nitrogens is 1. The van der Waals surface area contributed by atoms with E-state index in [1.54, 1.807) is 32.9 Å². The summed E-state index contributed by atoms with van der Waals surface area (Å²) < 4.78 is 28.3. The molecule has 2 aromatic carbocycles. The zero-order chi connectivity index (χ0) is 28.1. The fourth-order valence-electron chi connectivity index (χ4n) is 4.94. The number of benzene rings is 2. The van der Waals surface area contributed by atoms with Crippen LogP contribution in [0.3, 0.4) is 0 Å². The molecule has 206 valence electrons. The van der Waals surface area contributed by atoms with Crippen LogP contribution >= 0.6 is 0 Å². The van der Waals surface area contributed by atoms with Gasteiger partial charge in [-0.3, -0.25) is 4.79 Å². The van der Waals surface area contributed by atoms with Crippen molar-refractivity contribution < 1.29 is 38.4 Å². The number of amides is 1. The Bertz CT molecular complexity index is 1570. The number of hydrogen-bond donors (Lipinski definition) is 4. The number of carbonyl (C=O) groups excluding carboxylic acids is 1. The van der Waals surface area contributed by atoms with Gasteiger partial charge in [-0.2, -0.15) is 0 Å². The van der Waals surface area contributed by atoms with Crippen LogP contribution < -0.4 is 20.4 Å². The first-order chi connectivity index (χ1) is 18.5. The minimum Gasteiger partial charge on any atom is -0.496 e. The van der Waals surface area contributed by atoms with Gasteiger partial charge >= 0.3 is 5.63 Å². The smallest absolute Gasteiger partial charge is 0.360 e. The van der Waals surface area contributed by atoms with Crippen molar-refractivity contribution >= 4 is 33.5 Å². The zero-order valence-electron chi connectivity index (χ0n) is 22.1. The van der Waals surface area contributed by atoms with Crippen LogP contribution in [0.4, 0.5) is 5.69 Å². The first-order valence-electron chi connectivity index (χ1n) is 12.3. The topological polar surface area (TPSA) is 152 Å². The van der Waals surface area contributed by atoms with E-state index in [4.69, 9.17) is 23.4 Å². The summed E-state index contributed by atoms with van der Waals surface area (Å²) in [6.45, 7) is 5.09. The SMILES string of the molecule is COc1cc(OC2OC(C)(C)C(OC)C(O)C2O)c(C)c2oc(=O)c(NC(=O)c3cc4ccccc4[nH]3)cc12. The molecular formula is C28H30N2O9. The molecule has 2 aromatic heterocycles. The van der Waals surface area contributed by atoms with Crippen molar-refractivity contribution in [1.82, 2.24) is 4.98 Å². The highest BCUT2D eigenvalue weighted by atomic mass is 16.7. The lowest BCUT2D eigenvalue weighted by atomic mass is 9.89. The molecule has 4 aromatic rings. The predicted molar refractivity (Wildman–Crippen MR) is 142 cm³/mol. The molecule has 11 nitrogen and oxygen atoms in total. The molecule has 1 amide bonds. The van der Waals surface area contributed by atoms with Gasteiger partial charge in [0.05, 0.1) is 18.1 Å². The van der Waals surface area contributed by atoms with Crippen LogP contribution in [0.2, 0.25) is 0 Å². The summed E-state index contributed by atoms with van der Waals surface area (Å²) in [5.41, 5.74) is -0.154. The van der Waals surface area contributed by atoms with Crippen molar-refractivity contribution in [3.63, 3.8) is 0 Å². The molecule has 0 bridgehead atoms. The van der Waals surface area contributed by atoms with Gasteiger partial charge in [0, 0.05) is 29.6 Å². The number of aromatic nitrogens is 1. The number of hydrogen-bond acceptors (Lipinski definition) is 9. The second kappa shape index (κ2) is 10.0. The molecule has 1 aliphatic heterocycles. The molecule has 0 spiro atoms. The Hall–Kier alpha value is -3.90. The van der Waals surface area contributed by atoms with E-state index in [-0.39, 0.29) is 28.5 Å². The van der Waals surface area contributed by atoms with Crippen LogP contribution in [-0.4, -0.2) is 65.5 Å². The molecule has 0 radical (unpaired) electrons. The molecule has 5 rings (SSSR count). The number of aromatic amines is 1. The summed E-state index contributed by atoms with van der Waals surface area (Å²) in [5.74, 6) is -0.0110. The molecule has 11 heteroatoms. The first kappa shape index (κ1) is 26.7. The number of fused-ring (bicyclic) bond motifs is 2. The Morgan fingerprint density at radius 3 is 2.51 bits per heavy atom. The van der Waals surface area contributed by atoms with Gasteiger partial charge < -0.3 is 43.9 Å². The van der Waals surface area contributed by atoms with Gasteiger partial charge in [-0.25, -0.2) is 4.79 Å².